The lowest BCUT2D eigenvalue weighted by Crippen LogP contribution is -2.40. The molecule has 3 heterocycles. The number of Topliss-reactive ketones (excluding diaryl/α,β-unsaturated/α-hetero) is 1. The molecule has 2 aliphatic heterocycles. The molecule has 1 aromatic heterocycles. The Labute approximate surface area is 170 Å². The third-order valence-electron chi connectivity index (χ3n) is 5.74. The van der Waals surface area contributed by atoms with Gasteiger partial charge in [0, 0.05) is 43.3 Å². The Kier molecular flexibility index (Phi) is 5.94. The van der Waals surface area contributed by atoms with Crippen molar-refractivity contribution in [1.82, 2.24) is 14.8 Å². The van der Waals surface area contributed by atoms with E-state index in [0.717, 1.165) is 44.2 Å². The van der Waals surface area contributed by atoms with Crippen molar-refractivity contribution in [3.8, 4) is 0 Å². The summed E-state index contributed by atoms with van der Waals surface area (Å²) in [6.07, 6.45) is 6.68. The number of fused-ring (bicyclic) bond motifs is 1. The number of hydrogen-bond donors (Lipinski definition) is 1. The molecule has 0 radical (unpaired) electrons. The summed E-state index contributed by atoms with van der Waals surface area (Å²) in [5, 5.41) is 3.61. The largest absolute Gasteiger partial charge is 0.376 e. The van der Waals surface area contributed by atoms with Crippen molar-refractivity contribution in [1.29, 1.82) is 0 Å². The summed E-state index contributed by atoms with van der Waals surface area (Å²) >= 11 is 0. The fourth-order valence-corrected chi connectivity index (χ4v) is 4.16. The number of nitrogens with zero attached hydrogens (tertiary/aromatic N) is 2. The summed E-state index contributed by atoms with van der Waals surface area (Å²) in [6, 6.07) is 7.40. The molecule has 154 valence electrons. The molecule has 0 bridgehead atoms. The second-order valence-corrected chi connectivity index (χ2v) is 7.81. The summed E-state index contributed by atoms with van der Waals surface area (Å²) in [4.78, 5) is 39.7. The van der Waals surface area contributed by atoms with E-state index >= 15 is 0 Å². The normalized spacial score (nSPS) is 19.4. The van der Waals surface area contributed by atoms with Crippen LogP contribution in [0, 0.1) is 0 Å². The first-order valence-electron chi connectivity index (χ1n) is 10.4. The third-order valence-corrected chi connectivity index (χ3v) is 5.74. The Morgan fingerprint density at radius 3 is 2.62 bits per heavy atom. The van der Waals surface area contributed by atoms with Gasteiger partial charge in [-0.25, -0.2) is 0 Å². The van der Waals surface area contributed by atoms with E-state index in [1.807, 2.05) is 24.3 Å². The standard InChI is InChI=1S/C22H27N3O4/c26-20(23-13-16-7-6-12-29-16)15-25-14-18(17-8-2-3-9-19(17)25)21(27)22(28)24-10-4-1-5-11-24/h2-3,8-9,14,16H,1,4-7,10-13,15H2,(H,23,26)/t16-/m0/s1. The van der Waals surface area contributed by atoms with Crippen LogP contribution in [0.5, 0.6) is 0 Å². The zero-order valence-electron chi connectivity index (χ0n) is 16.6. The molecule has 7 nitrogen and oxygen atoms in total. The molecule has 2 aromatic rings. The van der Waals surface area contributed by atoms with E-state index in [2.05, 4.69) is 5.32 Å². The Bertz CT molecular complexity index is 908. The molecule has 2 fully saturated rings. The van der Waals surface area contributed by atoms with Gasteiger partial charge in [-0.3, -0.25) is 14.4 Å². The van der Waals surface area contributed by atoms with Crippen molar-refractivity contribution in [2.24, 2.45) is 0 Å². The topological polar surface area (TPSA) is 80.6 Å². The van der Waals surface area contributed by atoms with Crippen molar-refractivity contribution in [2.45, 2.75) is 44.8 Å². The molecule has 29 heavy (non-hydrogen) atoms. The number of piperidine rings is 1. The van der Waals surface area contributed by atoms with E-state index in [-0.39, 0.29) is 18.6 Å². The van der Waals surface area contributed by atoms with E-state index in [0.29, 0.717) is 30.6 Å². The van der Waals surface area contributed by atoms with E-state index in [4.69, 9.17) is 4.74 Å². The van der Waals surface area contributed by atoms with E-state index in [1.54, 1.807) is 15.7 Å². The van der Waals surface area contributed by atoms with Gasteiger partial charge in [0.05, 0.1) is 11.7 Å². The molecular weight excluding hydrogens is 370 g/mol. The quantitative estimate of drug-likeness (QED) is 0.598. The third kappa shape index (κ3) is 4.34. The first kappa shape index (κ1) is 19.6. The van der Waals surface area contributed by atoms with Gasteiger partial charge in [-0.15, -0.1) is 0 Å². The lowest BCUT2D eigenvalue weighted by molar-refractivity contribution is -0.127. The number of ether oxygens (including phenoxy) is 1. The number of ketones is 1. The molecule has 0 saturated carbocycles. The van der Waals surface area contributed by atoms with Crippen molar-refractivity contribution in [2.75, 3.05) is 26.2 Å². The molecule has 0 unspecified atom stereocenters. The minimum atomic E-state index is -0.499. The van der Waals surface area contributed by atoms with Crippen LogP contribution in [-0.2, 0) is 20.9 Å². The zero-order valence-corrected chi connectivity index (χ0v) is 16.6. The summed E-state index contributed by atoms with van der Waals surface area (Å²) in [6.45, 7) is 2.61. The van der Waals surface area contributed by atoms with Crippen LogP contribution >= 0.6 is 0 Å². The minimum absolute atomic E-state index is 0.0830. The average Bonchev–Trinajstić information content (AvgIpc) is 3.40. The van der Waals surface area contributed by atoms with Gasteiger partial charge in [-0.2, -0.15) is 0 Å². The van der Waals surface area contributed by atoms with Gasteiger partial charge in [0.15, 0.2) is 0 Å². The predicted octanol–water partition coefficient (Wildman–Crippen LogP) is 2.13. The Morgan fingerprint density at radius 1 is 1.07 bits per heavy atom. The van der Waals surface area contributed by atoms with Crippen LogP contribution in [0.25, 0.3) is 10.9 Å². The van der Waals surface area contributed by atoms with Crippen LogP contribution < -0.4 is 5.32 Å². The summed E-state index contributed by atoms with van der Waals surface area (Å²) in [7, 11) is 0. The number of carbonyl (C=O) groups is 3. The monoisotopic (exact) mass is 397 g/mol. The van der Waals surface area contributed by atoms with Gasteiger partial charge < -0.3 is 19.5 Å². The lowest BCUT2D eigenvalue weighted by atomic mass is 10.1. The van der Waals surface area contributed by atoms with Gasteiger partial charge in [0.1, 0.15) is 6.54 Å². The fraction of sp³-hybridized carbons (Fsp3) is 0.500. The number of carbonyl (C=O) groups excluding carboxylic acids is 3. The summed E-state index contributed by atoms with van der Waals surface area (Å²) < 4.78 is 7.28. The fourth-order valence-electron chi connectivity index (χ4n) is 4.16. The highest BCUT2D eigenvalue weighted by atomic mass is 16.5. The van der Waals surface area contributed by atoms with Crippen LogP contribution in [0.3, 0.4) is 0 Å². The molecule has 1 atom stereocenters. The van der Waals surface area contributed by atoms with Crippen LogP contribution in [0.1, 0.15) is 42.5 Å². The van der Waals surface area contributed by atoms with Gasteiger partial charge in [-0.05, 0) is 38.2 Å². The number of amides is 2. The molecule has 1 aromatic carbocycles. The summed E-state index contributed by atoms with van der Waals surface area (Å²) in [5.41, 5.74) is 1.14. The van der Waals surface area contributed by atoms with Crippen LogP contribution in [0.2, 0.25) is 0 Å². The van der Waals surface area contributed by atoms with Crippen molar-refractivity contribution >= 4 is 28.5 Å². The van der Waals surface area contributed by atoms with Crippen molar-refractivity contribution in [3.05, 3.63) is 36.0 Å². The van der Waals surface area contributed by atoms with Crippen LogP contribution in [0.15, 0.2) is 30.5 Å². The number of para-hydroxylation sites is 1. The molecule has 0 spiro atoms. The maximum Gasteiger partial charge on any atom is 0.295 e. The van der Waals surface area contributed by atoms with E-state index in [1.165, 1.54) is 0 Å². The number of rotatable bonds is 6. The zero-order chi connectivity index (χ0) is 20.2. The Morgan fingerprint density at radius 2 is 1.86 bits per heavy atom. The second-order valence-electron chi connectivity index (χ2n) is 7.81. The number of likely N-dealkylation sites (tertiary alicyclic amines) is 1. The highest BCUT2D eigenvalue weighted by molar-refractivity contribution is 6.44. The van der Waals surface area contributed by atoms with Crippen LogP contribution in [0.4, 0.5) is 0 Å². The SMILES string of the molecule is O=C(Cn1cc(C(=O)C(=O)N2CCCCC2)c2ccccc21)NC[C@@H]1CCCO1. The summed E-state index contributed by atoms with van der Waals surface area (Å²) in [5.74, 6) is -1.08. The van der Waals surface area contributed by atoms with Gasteiger partial charge >= 0.3 is 0 Å². The molecular formula is C22H27N3O4. The molecule has 7 heteroatoms. The number of hydrogen-bond acceptors (Lipinski definition) is 4. The lowest BCUT2D eigenvalue weighted by Gasteiger charge is -2.25. The first-order valence-corrected chi connectivity index (χ1v) is 10.4. The second kappa shape index (κ2) is 8.78. The Hall–Kier alpha value is -2.67. The number of benzene rings is 1. The van der Waals surface area contributed by atoms with Gasteiger partial charge in [-0.1, -0.05) is 18.2 Å². The molecule has 2 amide bonds. The first-order chi connectivity index (χ1) is 14.1. The number of nitrogens with one attached hydrogen (secondary N) is 1. The smallest absolute Gasteiger partial charge is 0.295 e. The molecule has 2 saturated heterocycles. The van der Waals surface area contributed by atoms with Crippen LogP contribution in [-0.4, -0.2) is 59.4 Å². The Balaban J connectivity index is 1.50. The van der Waals surface area contributed by atoms with Gasteiger partial charge in [0.2, 0.25) is 5.91 Å². The van der Waals surface area contributed by atoms with Crippen molar-refractivity contribution < 1.29 is 19.1 Å². The minimum Gasteiger partial charge on any atom is -0.376 e. The van der Waals surface area contributed by atoms with E-state index in [9.17, 15) is 14.4 Å². The van der Waals surface area contributed by atoms with E-state index < -0.39 is 11.7 Å². The highest BCUT2D eigenvalue weighted by Gasteiger charge is 2.27. The van der Waals surface area contributed by atoms with Crippen molar-refractivity contribution in [3.63, 3.8) is 0 Å². The maximum atomic E-state index is 12.9. The average molecular weight is 397 g/mol. The highest BCUT2D eigenvalue weighted by Crippen LogP contribution is 2.23. The maximum absolute atomic E-state index is 12.9. The predicted molar refractivity (Wildman–Crippen MR) is 109 cm³/mol. The molecule has 0 aliphatic carbocycles. The number of aromatic nitrogens is 1. The molecule has 4 rings (SSSR count). The van der Waals surface area contributed by atoms with Gasteiger partial charge in [0.25, 0.3) is 11.7 Å². The molecule has 2 aliphatic rings. The molecule has 1 N–H and O–H groups in total.